The van der Waals surface area contributed by atoms with Crippen LogP contribution in [0, 0.1) is 5.92 Å². The minimum Gasteiger partial charge on any atom is -0.370 e. The number of nitrogens with zero attached hydrogens (tertiary/aromatic N) is 4. The highest BCUT2D eigenvalue weighted by atomic mass is 16.2. The van der Waals surface area contributed by atoms with Gasteiger partial charge in [-0.2, -0.15) is 9.90 Å². The van der Waals surface area contributed by atoms with Crippen LogP contribution in [0.1, 0.15) is 25.0 Å². The Labute approximate surface area is 146 Å². The first-order chi connectivity index (χ1) is 12.1. The zero-order valence-electron chi connectivity index (χ0n) is 13.9. The SMILES string of the molecule is NC(=O)CC1CCN(C(=O)C=Cc2cnn(-c3ccccc3)n2)CC1. The Bertz CT molecular complexity index is 761. The second kappa shape index (κ2) is 7.74. The van der Waals surface area contributed by atoms with Gasteiger partial charge >= 0.3 is 0 Å². The van der Waals surface area contributed by atoms with Crippen LogP contribution >= 0.6 is 0 Å². The van der Waals surface area contributed by atoms with Crippen molar-refractivity contribution in [1.29, 1.82) is 0 Å². The van der Waals surface area contributed by atoms with Crippen molar-refractivity contribution in [2.45, 2.75) is 19.3 Å². The van der Waals surface area contributed by atoms with Crippen molar-refractivity contribution < 1.29 is 9.59 Å². The van der Waals surface area contributed by atoms with E-state index in [1.807, 2.05) is 30.3 Å². The van der Waals surface area contributed by atoms with Crippen molar-refractivity contribution in [3.63, 3.8) is 0 Å². The molecule has 0 saturated carbocycles. The van der Waals surface area contributed by atoms with Gasteiger partial charge in [-0.3, -0.25) is 9.59 Å². The molecule has 0 unspecified atom stereocenters. The molecule has 0 atom stereocenters. The number of likely N-dealkylation sites (tertiary alicyclic amines) is 1. The van der Waals surface area contributed by atoms with E-state index in [-0.39, 0.29) is 17.7 Å². The minimum atomic E-state index is -0.272. The van der Waals surface area contributed by atoms with Crippen LogP contribution in [0.5, 0.6) is 0 Å². The molecule has 0 aliphatic carbocycles. The van der Waals surface area contributed by atoms with Crippen molar-refractivity contribution in [2.75, 3.05) is 13.1 Å². The molecule has 2 amide bonds. The van der Waals surface area contributed by atoms with Gasteiger partial charge < -0.3 is 10.6 Å². The summed E-state index contributed by atoms with van der Waals surface area (Å²) in [7, 11) is 0. The predicted octanol–water partition coefficient (Wildman–Crippen LogP) is 1.39. The summed E-state index contributed by atoms with van der Waals surface area (Å²) in [6.07, 6.45) is 6.84. The summed E-state index contributed by atoms with van der Waals surface area (Å²) in [5.74, 6) is -0.0331. The Kier molecular flexibility index (Phi) is 5.23. The molecule has 1 saturated heterocycles. The third-order valence-electron chi connectivity index (χ3n) is 4.31. The van der Waals surface area contributed by atoms with Crippen LogP contribution in [0.4, 0.5) is 0 Å². The third-order valence-corrected chi connectivity index (χ3v) is 4.31. The van der Waals surface area contributed by atoms with Crippen molar-refractivity contribution in [2.24, 2.45) is 11.7 Å². The number of aromatic nitrogens is 3. The van der Waals surface area contributed by atoms with E-state index >= 15 is 0 Å². The molecule has 130 valence electrons. The summed E-state index contributed by atoms with van der Waals surface area (Å²) in [6, 6.07) is 9.59. The standard InChI is InChI=1S/C18H21N5O2/c19-17(24)12-14-8-10-22(11-9-14)18(25)7-6-15-13-20-23(21-15)16-4-2-1-3-5-16/h1-7,13-14H,8-12H2,(H2,19,24). The summed E-state index contributed by atoms with van der Waals surface area (Å²) < 4.78 is 0. The zero-order valence-corrected chi connectivity index (χ0v) is 13.9. The highest BCUT2D eigenvalue weighted by Gasteiger charge is 2.22. The summed E-state index contributed by atoms with van der Waals surface area (Å²) in [5, 5.41) is 8.54. The van der Waals surface area contributed by atoms with E-state index in [0.29, 0.717) is 25.2 Å². The molecule has 25 heavy (non-hydrogen) atoms. The highest BCUT2D eigenvalue weighted by molar-refractivity contribution is 5.91. The summed E-state index contributed by atoms with van der Waals surface area (Å²) in [6.45, 7) is 1.30. The van der Waals surface area contributed by atoms with E-state index in [9.17, 15) is 9.59 Å². The minimum absolute atomic E-state index is 0.0493. The topological polar surface area (TPSA) is 94.1 Å². The van der Waals surface area contributed by atoms with E-state index in [2.05, 4.69) is 10.2 Å². The molecule has 0 bridgehead atoms. The quantitative estimate of drug-likeness (QED) is 0.833. The maximum Gasteiger partial charge on any atom is 0.246 e. The summed E-state index contributed by atoms with van der Waals surface area (Å²) >= 11 is 0. The number of hydrogen-bond acceptors (Lipinski definition) is 4. The van der Waals surface area contributed by atoms with Crippen molar-refractivity contribution in [1.82, 2.24) is 19.9 Å². The summed E-state index contributed by atoms with van der Waals surface area (Å²) in [4.78, 5) is 26.5. The van der Waals surface area contributed by atoms with E-state index in [1.165, 1.54) is 10.9 Å². The van der Waals surface area contributed by atoms with Gasteiger partial charge in [-0.1, -0.05) is 18.2 Å². The Morgan fingerprint density at radius 1 is 1.20 bits per heavy atom. The van der Waals surface area contributed by atoms with Crippen LogP contribution in [0.15, 0.2) is 42.6 Å². The normalized spacial score (nSPS) is 15.6. The summed E-state index contributed by atoms with van der Waals surface area (Å²) in [5.41, 5.74) is 6.72. The molecule has 1 aromatic heterocycles. The molecule has 7 heteroatoms. The lowest BCUT2D eigenvalue weighted by molar-refractivity contribution is -0.127. The molecule has 1 aliphatic rings. The average Bonchev–Trinajstić information content (AvgIpc) is 3.10. The molecule has 1 fully saturated rings. The van der Waals surface area contributed by atoms with Gasteiger partial charge in [0.1, 0.15) is 5.69 Å². The van der Waals surface area contributed by atoms with Crippen LogP contribution in [-0.4, -0.2) is 44.8 Å². The second-order valence-electron chi connectivity index (χ2n) is 6.17. The van der Waals surface area contributed by atoms with Crippen molar-refractivity contribution in [3.05, 3.63) is 48.3 Å². The van der Waals surface area contributed by atoms with E-state index < -0.39 is 0 Å². The zero-order chi connectivity index (χ0) is 17.6. The Morgan fingerprint density at radius 3 is 2.60 bits per heavy atom. The Hall–Kier alpha value is -2.96. The van der Waals surface area contributed by atoms with Crippen LogP contribution in [0.25, 0.3) is 11.8 Å². The monoisotopic (exact) mass is 339 g/mol. The van der Waals surface area contributed by atoms with Gasteiger partial charge in [-0.15, -0.1) is 5.10 Å². The molecule has 2 aromatic rings. The van der Waals surface area contributed by atoms with Gasteiger partial charge in [0, 0.05) is 25.6 Å². The number of para-hydroxylation sites is 1. The number of piperidine rings is 1. The van der Waals surface area contributed by atoms with Crippen LogP contribution in [0.3, 0.4) is 0 Å². The molecule has 1 aromatic carbocycles. The predicted molar refractivity (Wildman–Crippen MR) is 93.5 cm³/mol. The van der Waals surface area contributed by atoms with Crippen molar-refractivity contribution in [3.8, 4) is 5.69 Å². The van der Waals surface area contributed by atoms with Gasteiger partial charge in [0.2, 0.25) is 11.8 Å². The lowest BCUT2D eigenvalue weighted by Gasteiger charge is -2.30. The van der Waals surface area contributed by atoms with Crippen LogP contribution in [0.2, 0.25) is 0 Å². The number of nitrogens with two attached hydrogens (primary N) is 1. The lowest BCUT2D eigenvalue weighted by atomic mass is 9.93. The molecule has 2 heterocycles. The first kappa shape index (κ1) is 16.9. The number of carbonyl (C=O) groups excluding carboxylic acids is 2. The number of amides is 2. The van der Waals surface area contributed by atoms with Gasteiger partial charge in [0.25, 0.3) is 0 Å². The Balaban J connectivity index is 1.55. The van der Waals surface area contributed by atoms with E-state index in [1.54, 1.807) is 17.2 Å². The number of hydrogen-bond donors (Lipinski definition) is 1. The molecule has 0 radical (unpaired) electrons. The number of benzene rings is 1. The first-order valence-corrected chi connectivity index (χ1v) is 8.35. The van der Waals surface area contributed by atoms with E-state index in [0.717, 1.165) is 18.5 Å². The molecule has 1 aliphatic heterocycles. The van der Waals surface area contributed by atoms with Crippen molar-refractivity contribution >= 4 is 17.9 Å². The molecule has 2 N–H and O–H groups in total. The molecule has 7 nitrogen and oxygen atoms in total. The largest absolute Gasteiger partial charge is 0.370 e. The van der Waals surface area contributed by atoms with Gasteiger partial charge in [-0.25, -0.2) is 0 Å². The smallest absolute Gasteiger partial charge is 0.246 e. The maximum absolute atomic E-state index is 12.3. The molecule has 3 rings (SSSR count). The molecular formula is C18H21N5O2. The second-order valence-corrected chi connectivity index (χ2v) is 6.17. The Morgan fingerprint density at radius 2 is 1.92 bits per heavy atom. The fourth-order valence-corrected chi connectivity index (χ4v) is 2.94. The average molecular weight is 339 g/mol. The van der Waals surface area contributed by atoms with E-state index in [4.69, 9.17) is 5.73 Å². The highest BCUT2D eigenvalue weighted by Crippen LogP contribution is 2.20. The maximum atomic E-state index is 12.3. The van der Waals surface area contributed by atoms with Gasteiger partial charge in [0.15, 0.2) is 0 Å². The fourth-order valence-electron chi connectivity index (χ4n) is 2.94. The van der Waals surface area contributed by atoms with Gasteiger partial charge in [0.05, 0.1) is 11.9 Å². The number of carbonyl (C=O) groups is 2. The van der Waals surface area contributed by atoms with Crippen LogP contribution in [-0.2, 0) is 9.59 Å². The molecular weight excluding hydrogens is 318 g/mol. The lowest BCUT2D eigenvalue weighted by Crippen LogP contribution is -2.38. The molecule has 0 spiro atoms. The van der Waals surface area contributed by atoms with Gasteiger partial charge in [-0.05, 0) is 37.0 Å². The number of rotatable bonds is 5. The third kappa shape index (κ3) is 4.53. The van der Waals surface area contributed by atoms with Crippen LogP contribution < -0.4 is 5.73 Å². The number of primary amides is 1. The fraction of sp³-hybridized carbons (Fsp3) is 0.333. The first-order valence-electron chi connectivity index (χ1n) is 8.35.